The van der Waals surface area contributed by atoms with Crippen molar-refractivity contribution in [3.05, 3.63) is 36.0 Å². The highest BCUT2D eigenvalue weighted by molar-refractivity contribution is 5.91. The minimum Gasteiger partial charge on any atom is -0.468 e. The van der Waals surface area contributed by atoms with E-state index in [4.69, 9.17) is 10.5 Å². The van der Waals surface area contributed by atoms with Crippen molar-refractivity contribution in [3.63, 3.8) is 0 Å². The lowest BCUT2D eigenvalue weighted by Gasteiger charge is -2.07. The van der Waals surface area contributed by atoms with E-state index in [0.717, 1.165) is 16.5 Å². The number of ether oxygens (including phenoxy) is 1. The molecule has 0 aliphatic heterocycles. The molecular weight excluding hydrogens is 216 g/mol. The van der Waals surface area contributed by atoms with Crippen LogP contribution in [0.3, 0.4) is 0 Å². The van der Waals surface area contributed by atoms with Crippen LogP contribution >= 0.6 is 0 Å². The van der Waals surface area contributed by atoms with Gasteiger partial charge in [-0.1, -0.05) is 18.2 Å². The molecule has 1 aliphatic rings. The van der Waals surface area contributed by atoms with Gasteiger partial charge in [0.05, 0.1) is 7.11 Å². The number of para-hydroxylation sites is 1. The van der Waals surface area contributed by atoms with E-state index in [0.29, 0.717) is 6.42 Å². The minimum absolute atomic E-state index is 0.0612. The fraction of sp³-hybridized carbons (Fsp3) is 0.308. The first kappa shape index (κ1) is 10.4. The first-order valence-corrected chi connectivity index (χ1v) is 5.60. The van der Waals surface area contributed by atoms with Gasteiger partial charge < -0.3 is 15.5 Å². The molecule has 4 heteroatoms. The van der Waals surface area contributed by atoms with Crippen LogP contribution in [0.15, 0.2) is 30.5 Å². The number of aromatic nitrogens is 1. The molecule has 2 atom stereocenters. The Kier molecular flexibility index (Phi) is 2.03. The molecule has 0 bridgehead atoms. The van der Waals surface area contributed by atoms with Gasteiger partial charge in [0.1, 0.15) is 5.54 Å². The highest BCUT2D eigenvalue weighted by Crippen LogP contribution is 2.51. The van der Waals surface area contributed by atoms with E-state index in [1.54, 1.807) is 0 Å². The molecule has 0 spiro atoms. The maximum atomic E-state index is 11.6. The van der Waals surface area contributed by atoms with E-state index in [-0.39, 0.29) is 11.9 Å². The summed E-state index contributed by atoms with van der Waals surface area (Å²) in [5, 5.41) is 1.13. The summed E-state index contributed by atoms with van der Waals surface area (Å²) >= 11 is 0. The van der Waals surface area contributed by atoms with Crippen molar-refractivity contribution in [2.75, 3.05) is 7.11 Å². The smallest absolute Gasteiger partial charge is 0.326 e. The molecule has 88 valence electrons. The molecule has 0 saturated heterocycles. The summed E-state index contributed by atoms with van der Waals surface area (Å²) in [6, 6.07) is 8.01. The van der Waals surface area contributed by atoms with Gasteiger partial charge in [0.25, 0.3) is 0 Å². The van der Waals surface area contributed by atoms with Gasteiger partial charge in [-0.05, 0) is 18.1 Å². The van der Waals surface area contributed by atoms with Crippen LogP contribution in [0.25, 0.3) is 10.9 Å². The minimum atomic E-state index is -0.834. The van der Waals surface area contributed by atoms with E-state index in [1.807, 2.05) is 30.5 Å². The molecule has 0 radical (unpaired) electrons. The third-order valence-corrected chi connectivity index (χ3v) is 3.57. The van der Waals surface area contributed by atoms with Crippen molar-refractivity contribution < 1.29 is 9.53 Å². The van der Waals surface area contributed by atoms with Crippen molar-refractivity contribution in [2.24, 2.45) is 5.73 Å². The Hall–Kier alpha value is -1.81. The molecule has 1 heterocycles. The molecule has 0 unspecified atom stereocenters. The average Bonchev–Trinajstić information content (AvgIpc) is 2.88. The van der Waals surface area contributed by atoms with Gasteiger partial charge in [-0.3, -0.25) is 4.79 Å². The Bertz CT molecular complexity index is 590. The van der Waals surface area contributed by atoms with E-state index in [9.17, 15) is 4.79 Å². The Labute approximate surface area is 98.8 Å². The van der Waals surface area contributed by atoms with Gasteiger partial charge in [-0.15, -0.1) is 0 Å². The van der Waals surface area contributed by atoms with E-state index < -0.39 is 5.54 Å². The lowest BCUT2D eigenvalue weighted by Crippen LogP contribution is -2.35. The van der Waals surface area contributed by atoms with Gasteiger partial charge in [0, 0.05) is 23.0 Å². The molecule has 1 aromatic heterocycles. The van der Waals surface area contributed by atoms with Crippen LogP contribution in [0.2, 0.25) is 0 Å². The normalized spacial score (nSPS) is 27.1. The summed E-state index contributed by atoms with van der Waals surface area (Å²) in [7, 11) is 1.38. The topological polar surface area (TPSA) is 68.1 Å². The van der Waals surface area contributed by atoms with Gasteiger partial charge in [0.2, 0.25) is 0 Å². The number of rotatable bonds is 2. The molecular formula is C13H14N2O2. The molecule has 4 nitrogen and oxygen atoms in total. The van der Waals surface area contributed by atoms with Crippen molar-refractivity contribution >= 4 is 16.9 Å². The summed E-state index contributed by atoms with van der Waals surface area (Å²) in [6.07, 6.45) is 2.59. The summed E-state index contributed by atoms with van der Waals surface area (Å²) in [6.45, 7) is 0. The van der Waals surface area contributed by atoms with Crippen molar-refractivity contribution in [1.29, 1.82) is 0 Å². The maximum Gasteiger partial charge on any atom is 0.326 e. The summed E-state index contributed by atoms with van der Waals surface area (Å²) in [5.41, 5.74) is 7.38. The van der Waals surface area contributed by atoms with Crippen LogP contribution in [0.1, 0.15) is 17.9 Å². The van der Waals surface area contributed by atoms with Gasteiger partial charge in [-0.2, -0.15) is 0 Å². The third kappa shape index (κ3) is 1.37. The van der Waals surface area contributed by atoms with Gasteiger partial charge in [0.15, 0.2) is 0 Å². The van der Waals surface area contributed by atoms with Crippen LogP contribution in [0.4, 0.5) is 0 Å². The summed E-state index contributed by atoms with van der Waals surface area (Å²) in [5.74, 6) is -0.265. The van der Waals surface area contributed by atoms with Crippen molar-refractivity contribution in [3.8, 4) is 0 Å². The monoisotopic (exact) mass is 230 g/mol. The predicted molar refractivity (Wildman–Crippen MR) is 64.6 cm³/mol. The number of fused-ring (bicyclic) bond motifs is 1. The Morgan fingerprint density at radius 1 is 1.53 bits per heavy atom. The Morgan fingerprint density at radius 2 is 2.29 bits per heavy atom. The fourth-order valence-corrected chi connectivity index (χ4v) is 2.46. The first-order valence-electron chi connectivity index (χ1n) is 5.60. The second kappa shape index (κ2) is 3.34. The van der Waals surface area contributed by atoms with E-state index >= 15 is 0 Å². The number of hydrogen-bond acceptors (Lipinski definition) is 3. The highest BCUT2D eigenvalue weighted by Gasteiger charge is 2.59. The zero-order chi connectivity index (χ0) is 12.0. The van der Waals surface area contributed by atoms with E-state index in [1.165, 1.54) is 7.11 Å². The number of H-pyrrole nitrogens is 1. The zero-order valence-corrected chi connectivity index (χ0v) is 9.57. The lowest BCUT2D eigenvalue weighted by molar-refractivity contribution is -0.143. The number of carbonyl (C=O) groups excluding carboxylic acids is 1. The Morgan fingerprint density at radius 3 is 3.06 bits per heavy atom. The number of esters is 1. The second-order valence-corrected chi connectivity index (χ2v) is 4.58. The fourth-order valence-electron chi connectivity index (χ4n) is 2.46. The number of carbonyl (C=O) groups is 1. The van der Waals surface area contributed by atoms with E-state index in [2.05, 4.69) is 4.98 Å². The molecule has 17 heavy (non-hydrogen) atoms. The van der Waals surface area contributed by atoms with Crippen molar-refractivity contribution in [2.45, 2.75) is 17.9 Å². The number of hydrogen-bond donors (Lipinski definition) is 2. The maximum absolute atomic E-state index is 11.6. The molecule has 3 N–H and O–H groups in total. The zero-order valence-electron chi connectivity index (χ0n) is 9.57. The lowest BCUT2D eigenvalue weighted by atomic mass is 10.1. The molecule has 0 amide bonds. The number of methoxy groups -OCH3 is 1. The van der Waals surface area contributed by atoms with Crippen LogP contribution in [-0.2, 0) is 9.53 Å². The molecule has 1 aliphatic carbocycles. The molecule has 1 fully saturated rings. The number of nitrogens with two attached hydrogens (primary N) is 1. The van der Waals surface area contributed by atoms with Crippen molar-refractivity contribution in [1.82, 2.24) is 4.98 Å². The van der Waals surface area contributed by atoms with Crippen LogP contribution in [-0.4, -0.2) is 23.6 Å². The molecule has 3 rings (SSSR count). The van der Waals surface area contributed by atoms with Crippen LogP contribution in [0.5, 0.6) is 0 Å². The largest absolute Gasteiger partial charge is 0.468 e. The first-order chi connectivity index (χ1) is 8.16. The SMILES string of the molecule is COC(=O)[C@]1(N)C[C@@H]1c1c[nH]c2ccccc12. The number of benzene rings is 1. The van der Waals surface area contributed by atoms with Gasteiger partial charge >= 0.3 is 5.97 Å². The highest BCUT2D eigenvalue weighted by atomic mass is 16.5. The third-order valence-electron chi connectivity index (χ3n) is 3.57. The molecule has 1 aromatic carbocycles. The number of nitrogens with one attached hydrogen (secondary N) is 1. The predicted octanol–water partition coefficient (Wildman–Crippen LogP) is 1.53. The summed E-state index contributed by atoms with van der Waals surface area (Å²) < 4.78 is 4.74. The quantitative estimate of drug-likeness (QED) is 0.769. The van der Waals surface area contributed by atoms with Gasteiger partial charge in [-0.25, -0.2) is 0 Å². The molecule has 2 aromatic rings. The Balaban J connectivity index is 2.00. The van der Waals surface area contributed by atoms with Crippen LogP contribution in [0, 0.1) is 0 Å². The average molecular weight is 230 g/mol. The number of aromatic amines is 1. The standard InChI is InChI=1S/C13H14N2O2/c1-17-12(16)13(14)6-10(13)9-7-15-11-5-3-2-4-8(9)11/h2-5,7,10,15H,6,14H2,1H3/t10-,13+/m1/s1. The second-order valence-electron chi connectivity index (χ2n) is 4.58. The molecule has 1 saturated carbocycles. The van der Waals surface area contributed by atoms with Crippen LogP contribution < -0.4 is 5.73 Å². The summed E-state index contributed by atoms with van der Waals surface area (Å²) in [4.78, 5) is 14.8.